The van der Waals surface area contributed by atoms with Crippen LogP contribution in [0.2, 0.25) is 0 Å². The molecule has 0 aliphatic rings. The van der Waals surface area contributed by atoms with Gasteiger partial charge in [0.25, 0.3) is 0 Å². The number of amidine groups is 1. The van der Waals surface area contributed by atoms with Crippen LogP contribution >= 0.6 is 0 Å². The molecule has 3 rings (SSSR count). The molecule has 0 radical (unpaired) electrons. The minimum atomic E-state index is -0.312. The molecule has 0 spiro atoms. The number of hydrogen-bond donors (Lipinski definition) is 2. The van der Waals surface area contributed by atoms with E-state index in [1.165, 1.54) is 17.0 Å². The Morgan fingerprint density at radius 3 is 1.97 bits per heavy atom. The quantitative estimate of drug-likeness (QED) is 0.326. The van der Waals surface area contributed by atoms with E-state index < -0.39 is 0 Å². The molecule has 0 saturated carbocycles. The first-order valence-corrected chi connectivity index (χ1v) is 10.1. The lowest BCUT2D eigenvalue weighted by Gasteiger charge is -2.30. The number of amides is 2. The monoisotopic (exact) mass is 433 g/mol. The molecule has 0 fully saturated rings. The topological polar surface area (TPSA) is 87.2 Å². The number of nitrogens with two attached hydrogens (primary N) is 1. The van der Waals surface area contributed by atoms with E-state index in [2.05, 4.69) is 49.9 Å². The van der Waals surface area contributed by atoms with Crippen LogP contribution in [0.4, 0.5) is 4.39 Å². The molecule has 0 saturated heterocycles. The Morgan fingerprint density at radius 1 is 0.938 bits per heavy atom. The van der Waals surface area contributed by atoms with Gasteiger partial charge in [-0.05, 0) is 52.9 Å². The molecule has 32 heavy (non-hydrogen) atoms. The van der Waals surface area contributed by atoms with Gasteiger partial charge in [0.05, 0.1) is 5.84 Å². The van der Waals surface area contributed by atoms with Crippen molar-refractivity contribution in [1.29, 1.82) is 5.41 Å². The summed E-state index contributed by atoms with van der Waals surface area (Å²) in [5.41, 5.74) is 9.08. The van der Waals surface area contributed by atoms with E-state index in [4.69, 9.17) is 10.2 Å². The van der Waals surface area contributed by atoms with Crippen LogP contribution in [-0.2, 0) is 15.0 Å². The molecule has 0 aliphatic carbocycles. The van der Waals surface area contributed by atoms with Crippen molar-refractivity contribution in [2.75, 3.05) is 6.54 Å². The highest BCUT2D eigenvalue weighted by Gasteiger charge is 2.24. The van der Waals surface area contributed by atoms with Gasteiger partial charge in [0.1, 0.15) is 5.82 Å². The van der Waals surface area contributed by atoms with Crippen molar-refractivity contribution in [3.63, 3.8) is 0 Å². The van der Waals surface area contributed by atoms with Crippen molar-refractivity contribution in [1.82, 2.24) is 4.90 Å². The van der Waals surface area contributed by atoms with E-state index in [9.17, 15) is 9.18 Å². The zero-order chi connectivity index (χ0) is 23.7. The Hall–Kier alpha value is -3.80. The smallest absolute Gasteiger partial charge is 0.215 e. The molecule has 0 unspecified atom stereocenters. The Kier molecular flexibility index (Phi) is 8.41. The predicted octanol–water partition coefficient (Wildman–Crippen LogP) is 4.99. The van der Waals surface area contributed by atoms with Crippen molar-refractivity contribution in [3.8, 4) is 22.3 Å². The molecule has 0 aliphatic heterocycles. The highest BCUT2D eigenvalue weighted by Crippen LogP contribution is 2.31. The van der Waals surface area contributed by atoms with Gasteiger partial charge in [0.15, 0.2) is 0 Å². The first kappa shape index (κ1) is 24.5. The SMILES string of the molecule is CC(=N)N(C=O)CC(C)(C)c1cccc(-c2cccc(-c3ccc(F)cc3)c2)c1.NC=O. The van der Waals surface area contributed by atoms with Crippen molar-refractivity contribution < 1.29 is 14.0 Å². The summed E-state index contributed by atoms with van der Waals surface area (Å²) in [4.78, 5) is 21.3. The fraction of sp³-hybridized carbons (Fsp3) is 0.192. The van der Waals surface area contributed by atoms with Gasteiger partial charge in [-0.25, -0.2) is 4.39 Å². The molecule has 2 amide bonds. The zero-order valence-corrected chi connectivity index (χ0v) is 18.5. The number of halogens is 1. The normalized spacial score (nSPS) is 10.5. The maximum Gasteiger partial charge on any atom is 0.215 e. The Labute approximate surface area is 188 Å². The molecular weight excluding hydrogens is 405 g/mol. The van der Waals surface area contributed by atoms with Crippen LogP contribution in [0.3, 0.4) is 0 Å². The van der Waals surface area contributed by atoms with Gasteiger partial charge in [-0.15, -0.1) is 0 Å². The molecule has 5 nitrogen and oxygen atoms in total. The van der Waals surface area contributed by atoms with E-state index in [1.807, 2.05) is 18.2 Å². The van der Waals surface area contributed by atoms with Crippen LogP contribution in [0.25, 0.3) is 22.3 Å². The van der Waals surface area contributed by atoms with Crippen LogP contribution in [0.1, 0.15) is 26.3 Å². The molecule has 0 atom stereocenters. The summed E-state index contributed by atoms with van der Waals surface area (Å²) >= 11 is 0. The van der Waals surface area contributed by atoms with Crippen molar-refractivity contribution in [2.45, 2.75) is 26.2 Å². The lowest BCUT2D eigenvalue weighted by Crippen LogP contribution is -2.38. The van der Waals surface area contributed by atoms with Crippen LogP contribution in [0, 0.1) is 11.2 Å². The molecule has 6 heteroatoms. The number of nitrogens with zero attached hydrogens (tertiary/aromatic N) is 1. The molecule has 0 bridgehead atoms. The minimum absolute atomic E-state index is 0.233. The number of carbonyl (C=O) groups excluding carboxylic acids is 2. The van der Waals surface area contributed by atoms with Gasteiger partial charge in [-0.3, -0.25) is 15.0 Å². The van der Waals surface area contributed by atoms with E-state index in [0.717, 1.165) is 27.8 Å². The second-order valence-corrected chi connectivity index (χ2v) is 8.01. The largest absolute Gasteiger partial charge is 0.372 e. The van der Waals surface area contributed by atoms with Gasteiger partial charge >= 0.3 is 0 Å². The van der Waals surface area contributed by atoms with Crippen molar-refractivity contribution in [2.24, 2.45) is 5.73 Å². The van der Waals surface area contributed by atoms with Gasteiger partial charge in [-0.1, -0.05) is 68.4 Å². The zero-order valence-electron chi connectivity index (χ0n) is 18.5. The van der Waals surface area contributed by atoms with E-state index in [-0.39, 0.29) is 23.5 Å². The number of carbonyl (C=O) groups is 2. The second-order valence-electron chi connectivity index (χ2n) is 8.01. The average molecular weight is 434 g/mol. The molecule has 3 N–H and O–H groups in total. The van der Waals surface area contributed by atoms with Gasteiger partial charge in [0.2, 0.25) is 12.8 Å². The Bertz CT molecular complexity index is 1080. The average Bonchev–Trinajstić information content (AvgIpc) is 2.78. The summed E-state index contributed by atoms with van der Waals surface area (Å²) in [6.07, 6.45) is 0.958. The molecule has 0 aromatic heterocycles. The molecule has 0 heterocycles. The third kappa shape index (κ3) is 6.35. The maximum atomic E-state index is 13.2. The summed E-state index contributed by atoms with van der Waals surface area (Å²) in [6, 6.07) is 22.9. The fourth-order valence-corrected chi connectivity index (χ4v) is 3.39. The van der Waals surface area contributed by atoms with Crippen molar-refractivity contribution in [3.05, 3.63) is 84.2 Å². The maximum absolute atomic E-state index is 13.2. The van der Waals surface area contributed by atoms with Crippen LogP contribution in [-0.4, -0.2) is 30.1 Å². The Balaban J connectivity index is 0.00000114. The van der Waals surface area contributed by atoms with Gasteiger partial charge in [0, 0.05) is 12.0 Å². The van der Waals surface area contributed by atoms with Gasteiger partial charge < -0.3 is 10.6 Å². The van der Waals surface area contributed by atoms with Crippen LogP contribution in [0.5, 0.6) is 0 Å². The first-order valence-electron chi connectivity index (χ1n) is 10.1. The fourth-order valence-electron chi connectivity index (χ4n) is 3.39. The van der Waals surface area contributed by atoms with Crippen molar-refractivity contribution >= 4 is 18.7 Å². The lowest BCUT2D eigenvalue weighted by molar-refractivity contribution is -0.115. The lowest BCUT2D eigenvalue weighted by atomic mass is 9.82. The first-order chi connectivity index (χ1) is 15.2. The highest BCUT2D eigenvalue weighted by molar-refractivity contribution is 5.86. The third-order valence-corrected chi connectivity index (χ3v) is 5.14. The van der Waals surface area contributed by atoms with Gasteiger partial charge in [-0.2, -0.15) is 0 Å². The van der Waals surface area contributed by atoms with E-state index in [1.54, 1.807) is 19.1 Å². The summed E-state index contributed by atoms with van der Waals surface area (Å²) < 4.78 is 13.2. The summed E-state index contributed by atoms with van der Waals surface area (Å²) in [6.45, 7) is 6.19. The third-order valence-electron chi connectivity index (χ3n) is 5.14. The highest BCUT2D eigenvalue weighted by atomic mass is 19.1. The van der Waals surface area contributed by atoms with E-state index in [0.29, 0.717) is 13.0 Å². The number of rotatable bonds is 6. The predicted molar refractivity (Wildman–Crippen MR) is 127 cm³/mol. The summed E-state index contributed by atoms with van der Waals surface area (Å²) in [7, 11) is 0. The summed E-state index contributed by atoms with van der Waals surface area (Å²) in [5, 5.41) is 7.76. The number of benzene rings is 3. The van der Waals surface area contributed by atoms with E-state index >= 15 is 0 Å². The second kappa shape index (κ2) is 11.0. The van der Waals surface area contributed by atoms with Crippen LogP contribution < -0.4 is 5.73 Å². The standard InChI is InChI=1S/C25H25FN2O.CH3NO/c1-18(27)28(17-29)16-25(2,3)23-9-5-8-22(15-23)21-7-4-6-20(14-21)19-10-12-24(26)13-11-19;2-1-3/h4-15,17,27H,16H2,1-3H3;1H,(H2,2,3). The van der Waals surface area contributed by atoms with Crippen LogP contribution in [0.15, 0.2) is 72.8 Å². The molecule has 166 valence electrons. The molecular formula is C26H28FN3O2. The summed E-state index contributed by atoms with van der Waals surface area (Å²) in [5.74, 6) is -0.0133. The number of nitrogens with one attached hydrogen (secondary N) is 1. The number of primary amides is 1. The Morgan fingerprint density at radius 2 is 1.44 bits per heavy atom. The molecule has 3 aromatic rings. The molecule has 3 aromatic carbocycles. The number of hydrogen-bond acceptors (Lipinski definition) is 3. The minimum Gasteiger partial charge on any atom is -0.372 e.